The van der Waals surface area contributed by atoms with Gasteiger partial charge >= 0.3 is 0 Å². The zero-order valence-electron chi connectivity index (χ0n) is 12.6. The highest BCUT2D eigenvalue weighted by molar-refractivity contribution is 5.02. The number of likely N-dealkylation sites (tertiary alicyclic amines) is 1. The topological polar surface area (TPSA) is 39.1 Å². The van der Waals surface area contributed by atoms with Crippen molar-refractivity contribution in [2.45, 2.75) is 58.4 Å². The van der Waals surface area contributed by atoms with E-state index in [1.54, 1.807) is 0 Å². The van der Waals surface area contributed by atoms with Crippen molar-refractivity contribution in [3.63, 3.8) is 0 Å². The van der Waals surface area contributed by atoms with Gasteiger partial charge in [0, 0.05) is 0 Å². The predicted molar refractivity (Wildman–Crippen MR) is 76.4 cm³/mol. The van der Waals surface area contributed by atoms with Crippen LogP contribution in [0.3, 0.4) is 0 Å². The number of rotatable bonds is 6. The number of nitrogens with one attached hydrogen (secondary N) is 1. The van der Waals surface area contributed by atoms with Gasteiger partial charge in [0.15, 0.2) is 0 Å². The highest BCUT2D eigenvalue weighted by atomic mass is 15.1. The first-order chi connectivity index (χ1) is 8.41. The Morgan fingerprint density at radius 2 is 1.89 bits per heavy atom. The fraction of sp³-hybridized carbons (Fsp3) is 0.933. The first kappa shape index (κ1) is 15.5. The fourth-order valence-electron chi connectivity index (χ4n) is 2.43. The van der Waals surface area contributed by atoms with Crippen LogP contribution in [0.25, 0.3) is 0 Å². The highest BCUT2D eigenvalue weighted by Crippen LogP contribution is 2.29. The standard InChI is InChI=1S/C15H29N3/c1-14(2)8-11-18(12-9-14)10-6-5-7-15(3,13-16)17-4/h17H,5-12H2,1-4H3. The summed E-state index contributed by atoms with van der Waals surface area (Å²) in [5.74, 6) is 0. The van der Waals surface area contributed by atoms with E-state index in [0.717, 1.165) is 12.8 Å². The molecule has 0 radical (unpaired) electrons. The van der Waals surface area contributed by atoms with Crippen molar-refractivity contribution in [1.82, 2.24) is 10.2 Å². The summed E-state index contributed by atoms with van der Waals surface area (Å²) >= 11 is 0. The molecule has 0 aromatic heterocycles. The summed E-state index contributed by atoms with van der Waals surface area (Å²) in [5.41, 5.74) is 0.200. The Bertz CT molecular complexity index is 283. The third-order valence-corrected chi connectivity index (χ3v) is 4.41. The molecular formula is C15H29N3. The molecule has 0 aromatic carbocycles. The first-order valence-electron chi connectivity index (χ1n) is 7.23. The van der Waals surface area contributed by atoms with E-state index in [4.69, 9.17) is 5.26 Å². The van der Waals surface area contributed by atoms with Gasteiger partial charge in [0.05, 0.1) is 6.07 Å². The lowest BCUT2D eigenvalue weighted by molar-refractivity contribution is 0.130. The van der Waals surface area contributed by atoms with E-state index < -0.39 is 0 Å². The summed E-state index contributed by atoms with van der Waals surface area (Å²) in [4.78, 5) is 2.58. The van der Waals surface area contributed by atoms with Gasteiger partial charge in [-0.1, -0.05) is 13.8 Å². The molecule has 1 atom stereocenters. The average Bonchev–Trinajstić information content (AvgIpc) is 2.36. The van der Waals surface area contributed by atoms with Gasteiger partial charge in [-0.2, -0.15) is 5.26 Å². The number of hydrogen-bond acceptors (Lipinski definition) is 3. The van der Waals surface area contributed by atoms with E-state index >= 15 is 0 Å². The molecule has 1 saturated heterocycles. The quantitative estimate of drug-likeness (QED) is 0.738. The van der Waals surface area contributed by atoms with Crippen LogP contribution in [0.2, 0.25) is 0 Å². The maximum atomic E-state index is 9.07. The molecule has 1 aliphatic rings. The largest absolute Gasteiger partial charge is 0.303 e. The Balaban J connectivity index is 2.15. The number of unbranched alkanes of at least 4 members (excludes halogenated alkanes) is 1. The molecule has 0 aromatic rings. The SMILES string of the molecule is CNC(C)(C#N)CCCCN1CCC(C)(C)CC1. The van der Waals surface area contributed by atoms with Crippen LogP contribution >= 0.6 is 0 Å². The normalized spacial score (nSPS) is 23.3. The molecule has 104 valence electrons. The molecule has 1 fully saturated rings. The third-order valence-electron chi connectivity index (χ3n) is 4.41. The molecule has 1 unspecified atom stereocenters. The van der Waals surface area contributed by atoms with Gasteiger partial charge in [-0.3, -0.25) is 0 Å². The Morgan fingerprint density at radius 3 is 2.39 bits per heavy atom. The van der Waals surface area contributed by atoms with E-state index in [-0.39, 0.29) is 5.54 Å². The Hall–Kier alpha value is -0.590. The van der Waals surface area contributed by atoms with Crippen LogP contribution in [0.4, 0.5) is 0 Å². The molecule has 1 N–H and O–H groups in total. The van der Waals surface area contributed by atoms with Crippen LogP contribution in [0.1, 0.15) is 52.9 Å². The highest BCUT2D eigenvalue weighted by Gasteiger charge is 2.25. The van der Waals surface area contributed by atoms with E-state index in [9.17, 15) is 0 Å². The van der Waals surface area contributed by atoms with Crippen LogP contribution in [0.15, 0.2) is 0 Å². The summed E-state index contributed by atoms with van der Waals surface area (Å²) in [7, 11) is 1.87. The summed E-state index contributed by atoms with van der Waals surface area (Å²) in [6.45, 7) is 10.4. The zero-order chi connectivity index (χ0) is 13.6. The van der Waals surface area contributed by atoms with Crippen LogP contribution in [0, 0.1) is 16.7 Å². The Morgan fingerprint density at radius 1 is 1.28 bits per heavy atom. The van der Waals surface area contributed by atoms with Gasteiger partial charge in [-0.05, 0) is 71.1 Å². The number of nitriles is 1. The van der Waals surface area contributed by atoms with Gasteiger partial charge < -0.3 is 10.2 Å². The van der Waals surface area contributed by atoms with Crippen LogP contribution in [-0.4, -0.2) is 37.1 Å². The summed E-state index contributed by atoms with van der Waals surface area (Å²) in [6.07, 6.45) is 5.92. The molecule has 0 saturated carbocycles. The first-order valence-corrected chi connectivity index (χ1v) is 7.23. The third kappa shape index (κ3) is 4.96. The molecule has 0 amide bonds. The number of nitrogens with zero attached hydrogens (tertiary/aromatic N) is 2. The number of piperidine rings is 1. The van der Waals surface area contributed by atoms with E-state index in [2.05, 4.69) is 30.1 Å². The lowest BCUT2D eigenvalue weighted by atomic mass is 9.82. The van der Waals surface area contributed by atoms with Crippen LogP contribution in [0.5, 0.6) is 0 Å². The smallest absolute Gasteiger partial charge is 0.103 e. The molecule has 1 aliphatic heterocycles. The second kappa shape index (κ2) is 6.54. The van der Waals surface area contributed by atoms with Crippen molar-refractivity contribution in [2.75, 3.05) is 26.7 Å². The van der Waals surface area contributed by atoms with Crippen molar-refractivity contribution in [2.24, 2.45) is 5.41 Å². The fourth-order valence-corrected chi connectivity index (χ4v) is 2.43. The van der Waals surface area contributed by atoms with Crippen molar-refractivity contribution in [3.05, 3.63) is 0 Å². The minimum absolute atomic E-state index is 0.343. The van der Waals surface area contributed by atoms with Crippen LogP contribution < -0.4 is 5.32 Å². The van der Waals surface area contributed by atoms with Crippen molar-refractivity contribution >= 4 is 0 Å². The van der Waals surface area contributed by atoms with Gasteiger partial charge in [0.25, 0.3) is 0 Å². The summed E-state index contributed by atoms with van der Waals surface area (Å²) in [5, 5.41) is 12.2. The van der Waals surface area contributed by atoms with Gasteiger partial charge in [-0.15, -0.1) is 0 Å². The molecule has 1 rings (SSSR count). The molecule has 3 heteroatoms. The molecule has 3 nitrogen and oxygen atoms in total. The zero-order valence-corrected chi connectivity index (χ0v) is 12.6. The van der Waals surface area contributed by atoms with E-state index in [1.165, 1.54) is 38.9 Å². The maximum absolute atomic E-state index is 9.07. The molecular weight excluding hydrogens is 222 g/mol. The average molecular weight is 251 g/mol. The van der Waals surface area contributed by atoms with E-state index in [0.29, 0.717) is 5.41 Å². The lowest BCUT2D eigenvalue weighted by Crippen LogP contribution is -2.39. The van der Waals surface area contributed by atoms with Crippen molar-refractivity contribution in [1.29, 1.82) is 5.26 Å². The lowest BCUT2D eigenvalue weighted by Gasteiger charge is -2.37. The van der Waals surface area contributed by atoms with Gasteiger partial charge in [0.2, 0.25) is 0 Å². The molecule has 0 aliphatic carbocycles. The minimum Gasteiger partial charge on any atom is -0.303 e. The molecule has 0 bridgehead atoms. The van der Waals surface area contributed by atoms with Crippen molar-refractivity contribution in [3.8, 4) is 6.07 Å². The van der Waals surface area contributed by atoms with Crippen LogP contribution in [-0.2, 0) is 0 Å². The predicted octanol–water partition coefficient (Wildman–Crippen LogP) is 2.78. The van der Waals surface area contributed by atoms with E-state index in [1.807, 2.05) is 14.0 Å². The molecule has 18 heavy (non-hydrogen) atoms. The number of hydrogen-bond donors (Lipinski definition) is 1. The van der Waals surface area contributed by atoms with Crippen molar-refractivity contribution < 1.29 is 0 Å². The minimum atomic E-state index is -0.343. The molecule has 1 heterocycles. The second-order valence-electron chi connectivity index (χ2n) is 6.66. The van der Waals surface area contributed by atoms with Gasteiger partial charge in [-0.25, -0.2) is 0 Å². The summed E-state index contributed by atoms with van der Waals surface area (Å²) in [6, 6.07) is 2.35. The Kier molecular flexibility index (Phi) is 5.62. The maximum Gasteiger partial charge on any atom is 0.103 e. The Labute approximate surface area is 113 Å². The molecule has 0 spiro atoms. The van der Waals surface area contributed by atoms with Gasteiger partial charge in [0.1, 0.15) is 5.54 Å². The summed E-state index contributed by atoms with van der Waals surface area (Å²) < 4.78 is 0. The second-order valence-corrected chi connectivity index (χ2v) is 6.66. The monoisotopic (exact) mass is 251 g/mol.